The van der Waals surface area contributed by atoms with Crippen molar-refractivity contribution in [3.63, 3.8) is 0 Å². The zero-order chi connectivity index (χ0) is 40.0. The van der Waals surface area contributed by atoms with Crippen molar-refractivity contribution in [2.75, 3.05) is 0 Å². The summed E-state index contributed by atoms with van der Waals surface area (Å²) in [5.41, 5.74) is 13.7. The van der Waals surface area contributed by atoms with Gasteiger partial charge in [-0.05, 0) is 75.0 Å². The first kappa shape index (κ1) is 33.7. The molecule has 13 aromatic rings. The highest BCUT2D eigenvalue weighted by atomic mass is 16.3. The van der Waals surface area contributed by atoms with Gasteiger partial charge in [0.05, 0.1) is 22.1 Å². The molecule has 5 nitrogen and oxygen atoms in total. The second-order valence-corrected chi connectivity index (χ2v) is 15.7. The van der Waals surface area contributed by atoms with Crippen LogP contribution in [0, 0.1) is 0 Å². The molecule has 0 aliphatic carbocycles. The van der Waals surface area contributed by atoms with Gasteiger partial charge in [-0.15, -0.1) is 0 Å². The third kappa shape index (κ3) is 5.14. The van der Waals surface area contributed by atoms with Gasteiger partial charge in [0.2, 0.25) is 11.7 Å². The van der Waals surface area contributed by atoms with Crippen molar-refractivity contribution < 1.29 is 8.83 Å². The molecule has 0 saturated carbocycles. The van der Waals surface area contributed by atoms with E-state index in [4.69, 9.17) is 18.8 Å². The van der Waals surface area contributed by atoms with Crippen LogP contribution in [0.3, 0.4) is 0 Å². The zero-order valence-corrected chi connectivity index (χ0v) is 32.7. The van der Waals surface area contributed by atoms with Crippen LogP contribution in [0.15, 0.2) is 209 Å². The van der Waals surface area contributed by atoms with Gasteiger partial charge in [0.15, 0.2) is 0 Å². The summed E-state index contributed by atoms with van der Waals surface area (Å²) in [7, 11) is 0. The lowest BCUT2D eigenvalue weighted by atomic mass is 9.91. The van der Waals surface area contributed by atoms with Crippen LogP contribution in [-0.4, -0.2) is 14.5 Å². The summed E-state index contributed by atoms with van der Waals surface area (Å²) in [4.78, 5) is 10.9. The molecule has 0 spiro atoms. The van der Waals surface area contributed by atoms with E-state index >= 15 is 0 Å². The van der Waals surface area contributed by atoms with E-state index in [1.807, 2.05) is 24.3 Å². The molecule has 0 atom stereocenters. The molecule has 61 heavy (non-hydrogen) atoms. The van der Waals surface area contributed by atoms with Gasteiger partial charge in [-0.1, -0.05) is 164 Å². The maximum Gasteiger partial charge on any atom is 0.238 e. The zero-order valence-electron chi connectivity index (χ0n) is 32.7. The van der Waals surface area contributed by atoms with E-state index in [-0.39, 0.29) is 0 Å². The fourth-order valence-corrected chi connectivity index (χ4v) is 9.51. The molecule has 0 aliphatic heterocycles. The van der Waals surface area contributed by atoms with Gasteiger partial charge >= 0.3 is 0 Å². The Morgan fingerprint density at radius 1 is 0.361 bits per heavy atom. The van der Waals surface area contributed by atoms with Crippen molar-refractivity contribution in [2.24, 2.45) is 0 Å². The van der Waals surface area contributed by atoms with Crippen LogP contribution >= 0.6 is 0 Å². The quantitative estimate of drug-likeness (QED) is 0.175. The first-order valence-electron chi connectivity index (χ1n) is 20.6. The molecule has 4 aromatic heterocycles. The number of aromatic nitrogens is 3. The van der Waals surface area contributed by atoms with E-state index in [9.17, 15) is 0 Å². The van der Waals surface area contributed by atoms with Crippen LogP contribution in [0.2, 0.25) is 0 Å². The maximum atomic E-state index is 6.64. The second kappa shape index (κ2) is 13.1. The summed E-state index contributed by atoms with van der Waals surface area (Å²) in [5.74, 6) is 0.542. The van der Waals surface area contributed by atoms with Crippen molar-refractivity contribution in [3.05, 3.63) is 200 Å². The molecule has 0 fully saturated rings. The Morgan fingerprint density at radius 2 is 0.984 bits per heavy atom. The lowest BCUT2D eigenvalue weighted by Gasteiger charge is -2.15. The molecule has 9 aromatic carbocycles. The topological polar surface area (TPSA) is 57.0 Å². The summed E-state index contributed by atoms with van der Waals surface area (Å²) in [6, 6.07) is 70.4. The second-order valence-electron chi connectivity index (χ2n) is 15.7. The van der Waals surface area contributed by atoms with E-state index in [2.05, 4.69) is 180 Å². The minimum Gasteiger partial charge on any atom is -0.455 e. The van der Waals surface area contributed by atoms with Crippen molar-refractivity contribution in [2.45, 2.75) is 0 Å². The van der Waals surface area contributed by atoms with Crippen LogP contribution in [-0.2, 0) is 0 Å². The average Bonchev–Trinajstić information content (AvgIpc) is 4.01. The van der Waals surface area contributed by atoms with E-state index in [0.717, 1.165) is 104 Å². The van der Waals surface area contributed by atoms with Gasteiger partial charge in [0, 0.05) is 38.1 Å². The number of hydrogen-bond donors (Lipinski definition) is 0. The highest BCUT2D eigenvalue weighted by Gasteiger charge is 2.23. The monoisotopic (exact) mass is 779 g/mol. The lowest BCUT2D eigenvalue weighted by molar-refractivity contribution is 0.651. The fraction of sp³-hybridized carbons (Fsp3) is 0. The predicted molar refractivity (Wildman–Crippen MR) is 250 cm³/mol. The molecular formula is C56H33N3O2. The Labute approximate surface area is 349 Å². The van der Waals surface area contributed by atoms with Crippen molar-refractivity contribution in [1.82, 2.24) is 14.5 Å². The predicted octanol–water partition coefficient (Wildman–Crippen LogP) is 15.2. The van der Waals surface area contributed by atoms with Crippen LogP contribution < -0.4 is 0 Å². The van der Waals surface area contributed by atoms with Crippen LogP contribution in [0.25, 0.3) is 127 Å². The van der Waals surface area contributed by atoms with Crippen LogP contribution in [0.4, 0.5) is 0 Å². The summed E-state index contributed by atoms with van der Waals surface area (Å²) >= 11 is 0. The number of rotatable bonds is 5. The smallest absolute Gasteiger partial charge is 0.238 e. The van der Waals surface area contributed by atoms with Gasteiger partial charge in [-0.2, -0.15) is 4.98 Å². The van der Waals surface area contributed by atoms with Crippen LogP contribution in [0.1, 0.15) is 0 Å². The molecule has 0 bridgehead atoms. The minimum atomic E-state index is 0.542. The standard InChI is InChI=1S/C56H33N3O2/c1-2-14-34(15-3-1)36-18-10-19-37(32-36)39-23-11-16-35-17-12-26-45(51(35)39)53-52-44-22-6-9-29-50(44)61-55(52)58-56(57-53)59-47-27-7-4-20-41(47)46-33-38(30-31-48(46)59)40-24-13-25-43-42-21-5-8-28-49(42)60-54(40)43/h1-33H. The summed E-state index contributed by atoms with van der Waals surface area (Å²) in [5, 5.41) is 8.55. The molecule has 0 aliphatic rings. The molecule has 0 radical (unpaired) electrons. The highest BCUT2D eigenvalue weighted by molar-refractivity contribution is 6.17. The molecule has 0 saturated heterocycles. The number of benzene rings is 9. The number of furan rings is 2. The minimum absolute atomic E-state index is 0.542. The number of hydrogen-bond acceptors (Lipinski definition) is 4. The average molecular weight is 780 g/mol. The Hall–Kier alpha value is -8.28. The van der Waals surface area contributed by atoms with E-state index in [0.29, 0.717) is 11.7 Å². The maximum absolute atomic E-state index is 6.64. The normalized spacial score (nSPS) is 11.9. The van der Waals surface area contributed by atoms with Gasteiger partial charge in [0.1, 0.15) is 16.7 Å². The van der Waals surface area contributed by atoms with Crippen molar-refractivity contribution in [1.29, 1.82) is 0 Å². The van der Waals surface area contributed by atoms with E-state index in [1.165, 1.54) is 11.1 Å². The summed E-state index contributed by atoms with van der Waals surface area (Å²) in [6.07, 6.45) is 0. The van der Waals surface area contributed by atoms with E-state index in [1.54, 1.807) is 0 Å². The third-order valence-corrected chi connectivity index (χ3v) is 12.3. The Kier molecular flexibility index (Phi) is 7.24. The molecule has 284 valence electrons. The van der Waals surface area contributed by atoms with Gasteiger partial charge in [-0.25, -0.2) is 4.98 Å². The number of fused-ring (bicyclic) bond motifs is 10. The van der Waals surface area contributed by atoms with Crippen molar-refractivity contribution >= 4 is 76.6 Å². The SMILES string of the molecule is c1ccc(-c2cccc(-c3cccc4cccc(-c5nc(-n6c7ccccc7c7cc(-c8cccc9c8oc8ccccc89)ccc76)nc6oc7ccccc7c56)c34)c2)cc1. The highest BCUT2D eigenvalue weighted by Crippen LogP contribution is 2.44. The molecule has 5 heteroatoms. The number of nitrogens with zero attached hydrogens (tertiary/aromatic N) is 3. The first-order valence-corrected chi connectivity index (χ1v) is 20.6. The van der Waals surface area contributed by atoms with Crippen LogP contribution in [0.5, 0.6) is 0 Å². The fourth-order valence-electron chi connectivity index (χ4n) is 9.51. The molecule has 13 rings (SSSR count). The largest absolute Gasteiger partial charge is 0.455 e. The molecule has 0 amide bonds. The van der Waals surface area contributed by atoms with E-state index < -0.39 is 0 Å². The lowest BCUT2D eigenvalue weighted by Crippen LogP contribution is -2.03. The van der Waals surface area contributed by atoms with Gasteiger partial charge in [0.25, 0.3) is 0 Å². The Bertz CT molecular complexity index is 3890. The molecule has 0 unspecified atom stereocenters. The Balaban J connectivity index is 1.06. The molecule has 4 heterocycles. The molecular weight excluding hydrogens is 747 g/mol. The first-order chi connectivity index (χ1) is 30.2. The number of para-hydroxylation sites is 4. The summed E-state index contributed by atoms with van der Waals surface area (Å²) in [6.45, 7) is 0. The summed E-state index contributed by atoms with van der Waals surface area (Å²) < 4.78 is 15.3. The van der Waals surface area contributed by atoms with Crippen molar-refractivity contribution in [3.8, 4) is 50.6 Å². The Morgan fingerprint density at radius 3 is 1.85 bits per heavy atom. The molecule has 0 N–H and O–H groups in total. The van der Waals surface area contributed by atoms with Gasteiger partial charge < -0.3 is 8.83 Å². The third-order valence-electron chi connectivity index (χ3n) is 12.3. The van der Waals surface area contributed by atoms with Gasteiger partial charge in [-0.3, -0.25) is 4.57 Å².